The molecule has 0 bridgehead atoms. The maximum atomic E-state index is 5.45. The van der Waals surface area contributed by atoms with Crippen LogP contribution in [0.15, 0.2) is 47.5 Å². The van der Waals surface area contributed by atoms with Gasteiger partial charge in [0.15, 0.2) is 5.96 Å². The molecule has 0 heterocycles. The molecule has 1 atom stereocenters. The summed E-state index contributed by atoms with van der Waals surface area (Å²) >= 11 is 0. The molecule has 138 valence electrons. The number of ether oxygens (including phenoxy) is 2. The average molecular weight is 353 g/mol. The van der Waals surface area contributed by atoms with E-state index >= 15 is 0 Å². The second kappa shape index (κ2) is 8.61. The Bertz CT molecular complexity index is 774. The number of methoxy groups -OCH3 is 2. The third kappa shape index (κ3) is 4.10. The van der Waals surface area contributed by atoms with Crippen LogP contribution in [0.1, 0.15) is 29.5 Å². The van der Waals surface area contributed by atoms with Crippen LogP contribution >= 0.6 is 0 Å². The minimum atomic E-state index is 0.545. The van der Waals surface area contributed by atoms with E-state index in [-0.39, 0.29) is 0 Å². The molecular weight excluding hydrogens is 326 g/mol. The third-order valence-corrected chi connectivity index (χ3v) is 4.72. The molecular formula is C21H27N3O2. The van der Waals surface area contributed by atoms with Crippen LogP contribution in [-0.2, 0) is 13.0 Å². The lowest BCUT2D eigenvalue weighted by Crippen LogP contribution is -2.41. The first-order chi connectivity index (χ1) is 12.7. The highest BCUT2D eigenvalue weighted by Gasteiger charge is 2.25. The fourth-order valence-electron chi connectivity index (χ4n) is 3.25. The van der Waals surface area contributed by atoms with Gasteiger partial charge in [0, 0.05) is 30.6 Å². The molecule has 1 aliphatic rings. The highest BCUT2D eigenvalue weighted by molar-refractivity contribution is 5.80. The molecule has 0 radical (unpaired) electrons. The lowest BCUT2D eigenvalue weighted by molar-refractivity contribution is 0.391. The predicted octanol–water partition coefficient (Wildman–Crippen LogP) is 3.10. The Hall–Kier alpha value is -2.69. The second-order valence-corrected chi connectivity index (χ2v) is 6.35. The largest absolute Gasteiger partial charge is 0.497 e. The first-order valence-corrected chi connectivity index (χ1v) is 9.06. The molecule has 0 saturated heterocycles. The van der Waals surface area contributed by atoms with Gasteiger partial charge in [-0.2, -0.15) is 0 Å². The molecule has 1 aliphatic carbocycles. The minimum absolute atomic E-state index is 0.545. The van der Waals surface area contributed by atoms with Crippen molar-refractivity contribution in [2.24, 2.45) is 4.99 Å². The van der Waals surface area contributed by atoms with Gasteiger partial charge >= 0.3 is 0 Å². The zero-order chi connectivity index (χ0) is 18.4. The SMILES string of the molecule is CCNC(=NCc1ccc(OC)cc1OC)NCC1Cc2ccccc21. The number of guanidine groups is 1. The summed E-state index contributed by atoms with van der Waals surface area (Å²) in [7, 11) is 3.32. The Labute approximate surface area is 155 Å². The van der Waals surface area contributed by atoms with Gasteiger partial charge in [-0.15, -0.1) is 0 Å². The maximum absolute atomic E-state index is 5.45. The van der Waals surface area contributed by atoms with Crippen molar-refractivity contribution in [3.05, 3.63) is 59.2 Å². The Morgan fingerprint density at radius 2 is 1.96 bits per heavy atom. The van der Waals surface area contributed by atoms with Gasteiger partial charge in [-0.25, -0.2) is 4.99 Å². The highest BCUT2D eigenvalue weighted by atomic mass is 16.5. The van der Waals surface area contributed by atoms with E-state index in [1.165, 1.54) is 11.1 Å². The summed E-state index contributed by atoms with van der Waals surface area (Å²) in [6, 6.07) is 14.5. The molecule has 26 heavy (non-hydrogen) atoms. The topological polar surface area (TPSA) is 54.9 Å². The van der Waals surface area contributed by atoms with Crippen molar-refractivity contribution in [3.63, 3.8) is 0 Å². The van der Waals surface area contributed by atoms with E-state index in [2.05, 4.69) is 41.8 Å². The summed E-state index contributed by atoms with van der Waals surface area (Å²) in [4.78, 5) is 4.71. The Morgan fingerprint density at radius 1 is 1.12 bits per heavy atom. The van der Waals surface area contributed by atoms with Crippen molar-refractivity contribution in [2.45, 2.75) is 25.8 Å². The van der Waals surface area contributed by atoms with Crippen molar-refractivity contribution in [1.29, 1.82) is 0 Å². The standard InChI is InChI=1S/C21H27N3O2/c1-4-22-21(24-14-17-11-15-7-5-6-8-19(15)17)23-13-16-9-10-18(25-2)12-20(16)26-3/h5-10,12,17H,4,11,13-14H2,1-3H3,(H2,22,23,24). The molecule has 2 aromatic rings. The number of nitrogens with one attached hydrogen (secondary N) is 2. The number of hydrogen-bond donors (Lipinski definition) is 2. The normalized spacial score (nSPS) is 15.7. The van der Waals surface area contributed by atoms with Crippen LogP contribution in [0, 0.1) is 0 Å². The van der Waals surface area contributed by atoms with Crippen molar-refractivity contribution < 1.29 is 9.47 Å². The van der Waals surface area contributed by atoms with Gasteiger partial charge in [-0.3, -0.25) is 0 Å². The van der Waals surface area contributed by atoms with E-state index in [0.29, 0.717) is 12.5 Å². The van der Waals surface area contributed by atoms with Gasteiger partial charge in [0.2, 0.25) is 0 Å². The molecule has 5 nitrogen and oxygen atoms in total. The zero-order valence-corrected chi connectivity index (χ0v) is 15.7. The van der Waals surface area contributed by atoms with Crippen LogP contribution in [0.2, 0.25) is 0 Å². The molecule has 0 amide bonds. The average Bonchev–Trinajstić information content (AvgIpc) is 2.66. The van der Waals surface area contributed by atoms with Crippen LogP contribution in [0.4, 0.5) is 0 Å². The number of hydrogen-bond acceptors (Lipinski definition) is 3. The van der Waals surface area contributed by atoms with Crippen molar-refractivity contribution >= 4 is 5.96 Å². The van der Waals surface area contributed by atoms with E-state index in [1.54, 1.807) is 14.2 Å². The molecule has 0 saturated carbocycles. The fraction of sp³-hybridized carbons (Fsp3) is 0.381. The van der Waals surface area contributed by atoms with E-state index in [1.807, 2.05) is 18.2 Å². The predicted molar refractivity (Wildman–Crippen MR) is 105 cm³/mol. The Kier molecular flexibility index (Phi) is 6.00. The first kappa shape index (κ1) is 18.1. The second-order valence-electron chi connectivity index (χ2n) is 6.35. The van der Waals surface area contributed by atoms with E-state index in [0.717, 1.165) is 42.5 Å². The number of benzene rings is 2. The van der Waals surface area contributed by atoms with Gasteiger partial charge in [-0.1, -0.05) is 24.3 Å². The van der Waals surface area contributed by atoms with Gasteiger partial charge in [0.1, 0.15) is 11.5 Å². The van der Waals surface area contributed by atoms with Crippen LogP contribution in [0.25, 0.3) is 0 Å². The third-order valence-electron chi connectivity index (χ3n) is 4.72. The maximum Gasteiger partial charge on any atom is 0.191 e. The number of aliphatic imine (C=N–C) groups is 1. The summed E-state index contributed by atoms with van der Waals surface area (Å²) in [6.07, 6.45) is 1.13. The molecule has 0 fully saturated rings. The summed E-state index contributed by atoms with van der Waals surface area (Å²) in [5.41, 5.74) is 3.94. The molecule has 1 unspecified atom stereocenters. The van der Waals surface area contributed by atoms with Crippen LogP contribution in [0.5, 0.6) is 11.5 Å². The molecule has 5 heteroatoms. The van der Waals surface area contributed by atoms with Gasteiger partial charge in [0.05, 0.1) is 20.8 Å². The van der Waals surface area contributed by atoms with E-state index < -0.39 is 0 Å². The van der Waals surface area contributed by atoms with Crippen molar-refractivity contribution in [3.8, 4) is 11.5 Å². The number of rotatable bonds is 7. The molecule has 3 rings (SSSR count). The van der Waals surface area contributed by atoms with Gasteiger partial charge in [0.25, 0.3) is 0 Å². The quantitative estimate of drug-likeness (QED) is 0.593. The number of fused-ring (bicyclic) bond motifs is 1. The molecule has 2 aromatic carbocycles. The van der Waals surface area contributed by atoms with Crippen LogP contribution in [-0.4, -0.2) is 33.3 Å². The molecule has 0 aromatic heterocycles. The van der Waals surface area contributed by atoms with Gasteiger partial charge in [-0.05, 0) is 36.6 Å². The number of nitrogens with zero attached hydrogens (tertiary/aromatic N) is 1. The lowest BCUT2D eigenvalue weighted by Gasteiger charge is -2.30. The Morgan fingerprint density at radius 3 is 2.69 bits per heavy atom. The minimum Gasteiger partial charge on any atom is -0.497 e. The first-order valence-electron chi connectivity index (χ1n) is 9.06. The van der Waals surface area contributed by atoms with E-state index in [4.69, 9.17) is 14.5 Å². The monoisotopic (exact) mass is 353 g/mol. The van der Waals surface area contributed by atoms with Crippen LogP contribution < -0.4 is 20.1 Å². The molecule has 0 spiro atoms. The van der Waals surface area contributed by atoms with Gasteiger partial charge < -0.3 is 20.1 Å². The van der Waals surface area contributed by atoms with Crippen LogP contribution in [0.3, 0.4) is 0 Å². The van der Waals surface area contributed by atoms with Crippen molar-refractivity contribution in [1.82, 2.24) is 10.6 Å². The smallest absolute Gasteiger partial charge is 0.191 e. The lowest BCUT2D eigenvalue weighted by atomic mass is 9.78. The highest BCUT2D eigenvalue weighted by Crippen LogP contribution is 2.34. The summed E-state index contributed by atoms with van der Waals surface area (Å²) in [6.45, 7) is 4.34. The molecule has 0 aliphatic heterocycles. The fourth-order valence-corrected chi connectivity index (χ4v) is 3.25. The summed E-state index contributed by atoms with van der Waals surface area (Å²) < 4.78 is 10.7. The zero-order valence-electron chi connectivity index (χ0n) is 15.7. The summed E-state index contributed by atoms with van der Waals surface area (Å²) in [5.74, 6) is 2.96. The van der Waals surface area contributed by atoms with Crippen molar-refractivity contribution in [2.75, 3.05) is 27.3 Å². The molecule has 2 N–H and O–H groups in total. The van der Waals surface area contributed by atoms with E-state index in [9.17, 15) is 0 Å². The summed E-state index contributed by atoms with van der Waals surface area (Å²) in [5, 5.41) is 6.78. The Balaban J connectivity index is 1.63.